The minimum Gasteiger partial charge on any atom is -0.507 e. The highest BCUT2D eigenvalue weighted by Gasteiger charge is 2.48. The van der Waals surface area contributed by atoms with Crippen LogP contribution < -0.4 is 4.90 Å². The number of aliphatic hydroxyl groups excluding tert-OH is 1. The van der Waals surface area contributed by atoms with E-state index in [1.807, 2.05) is 74.5 Å². The lowest BCUT2D eigenvalue weighted by atomic mass is 9.94. The van der Waals surface area contributed by atoms with Crippen molar-refractivity contribution in [1.82, 2.24) is 9.97 Å². The van der Waals surface area contributed by atoms with E-state index in [1.54, 1.807) is 12.1 Å². The number of hydrogen-bond acceptors (Lipinski definition) is 4. The molecule has 0 radical (unpaired) electrons. The second-order valence-corrected chi connectivity index (χ2v) is 8.03. The number of nitrogens with one attached hydrogen (secondary N) is 1. The molecule has 4 aromatic rings. The first-order valence-corrected chi connectivity index (χ1v) is 10.3. The number of ketones is 1. The van der Waals surface area contributed by atoms with Gasteiger partial charge in [0.25, 0.3) is 5.78 Å². The predicted molar refractivity (Wildman–Crippen MR) is 123 cm³/mol. The fraction of sp³-hybridized carbons (Fsp3) is 0.115. The van der Waals surface area contributed by atoms with Gasteiger partial charge in [-0.25, -0.2) is 4.98 Å². The van der Waals surface area contributed by atoms with Crippen LogP contribution in [0.25, 0.3) is 16.8 Å². The monoisotopic (exact) mass is 423 g/mol. The highest BCUT2D eigenvalue weighted by molar-refractivity contribution is 6.51. The number of para-hydroxylation sites is 2. The third-order valence-corrected chi connectivity index (χ3v) is 5.73. The van der Waals surface area contributed by atoms with Crippen molar-refractivity contribution in [1.29, 1.82) is 0 Å². The summed E-state index contributed by atoms with van der Waals surface area (Å²) in [6, 6.07) is 21.4. The number of rotatable bonds is 3. The average molecular weight is 423 g/mol. The van der Waals surface area contributed by atoms with Crippen LogP contribution in [-0.2, 0) is 9.59 Å². The molecule has 1 saturated heterocycles. The second kappa shape index (κ2) is 7.50. The summed E-state index contributed by atoms with van der Waals surface area (Å²) in [4.78, 5) is 35.5. The Morgan fingerprint density at radius 3 is 2.41 bits per heavy atom. The zero-order chi connectivity index (χ0) is 22.4. The maximum absolute atomic E-state index is 13.2. The molecule has 6 nitrogen and oxygen atoms in total. The van der Waals surface area contributed by atoms with Crippen molar-refractivity contribution < 1.29 is 14.7 Å². The summed E-state index contributed by atoms with van der Waals surface area (Å²) in [5.41, 5.74) is 4.70. The Balaban J connectivity index is 1.74. The first kappa shape index (κ1) is 19.8. The summed E-state index contributed by atoms with van der Waals surface area (Å²) < 4.78 is 0. The number of fused-ring (bicyclic) bond motifs is 1. The molecule has 6 heteroatoms. The molecule has 1 unspecified atom stereocenters. The number of aromatic amines is 1. The number of nitrogens with zero attached hydrogens (tertiary/aromatic N) is 2. The molecular weight excluding hydrogens is 402 g/mol. The van der Waals surface area contributed by atoms with Gasteiger partial charge in [-0.1, -0.05) is 71.8 Å². The van der Waals surface area contributed by atoms with Gasteiger partial charge < -0.3 is 10.1 Å². The summed E-state index contributed by atoms with van der Waals surface area (Å²) in [6.07, 6.45) is 0. The van der Waals surface area contributed by atoms with Crippen LogP contribution in [0, 0.1) is 13.8 Å². The van der Waals surface area contributed by atoms with Crippen LogP contribution in [-0.4, -0.2) is 26.8 Å². The summed E-state index contributed by atoms with van der Waals surface area (Å²) >= 11 is 0. The topological polar surface area (TPSA) is 86.3 Å². The third kappa shape index (κ3) is 3.17. The van der Waals surface area contributed by atoms with Crippen LogP contribution >= 0.6 is 0 Å². The van der Waals surface area contributed by atoms with Gasteiger partial charge in [0.2, 0.25) is 5.95 Å². The number of anilines is 1. The van der Waals surface area contributed by atoms with Crippen LogP contribution in [0.5, 0.6) is 0 Å². The van der Waals surface area contributed by atoms with Crippen molar-refractivity contribution >= 4 is 34.4 Å². The molecule has 5 rings (SSSR count). The normalized spacial score (nSPS) is 17.9. The zero-order valence-electron chi connectivity index (χ0n) is 17.7. The van der Waals surface area contributed by atoms with Crippen molar-refractivity contribution in [2.45, 2.75) is 19.9 Å². The van der Waals surface area contributed by atoms with Gasteiger partial charge in [0.1, 0.15) is 5.76 Å². The van der Waals surface area contributed by atoms with Gasteiger partial charge in [0.05, 0.1) is 22.6 Å². The van der Waals surface area contributed by atoms with Gasteiger partial charge in [-0.15, -0.1) is 0 Å². The van der Waals surface area contributed by atoms with E-state index in [-0.39, 0.29) is 17.3 Å². The van der Waals surface area contributed by atoms with Crippen molar-refractivity contribution in [2.75, 3.05) is 4.90 Å². The number of amides is 1. The molecule has 32 heavy (non-hydrogen) atoms. The van der Waals surface area contributed by atoms with Crippen LogP contribution in [0.15, 0.2) is 78.4 Å². The Morgan fingerprint density at radius 1 is 0.938 bits per heavy atom. The Kier molecular flexibility index (Phi) is 4.63. The first-order chi connectivity index (χ1) is 15.4. The van der Waals surface area contributed by atoms with E-state index < -0.39 is 17.7 Å². The van der Waals surface area contributed by atoms with Crippen LogP contribution in [0.3, 0.4) is 0 Å². The molecule has 158 valence electrons. The minimum absolute atomic E-state index is 0.0462. The fourth-order valence-electron chi connectivity index (χ4n) is 4.13. The summed E-state index contributed by atoms with van der Waals surface area (Å²) in [5, 5.41) is 11.2. The van der Waals surface area contributed by atoms with Gasteiger partial charge in [-0.2, -0.15) is 0 Å². The third-order valence-electron chi connectivity index (χ3n) is 5.73. The van der Waals surface area contributed by atoms with E-state index in [0.29, 0.717) is 11.1 Å². The number of Topliss-reactive ketones (excluding diaryl/α,β-unsaturated/α-hetero) is 1. The number of carbonyl (C=O) groups is 2. The van der Waals surface area contributed by atoms with Crippen LogP contribution in [0.4, 0.5) is 5.95 Å². The molecule has 2 N–H and O–H groups in total. The van der Waals surface area contributed by atoms with E-state index in [2.05, 4.69) is 9.97 Å². The SMILES string of the molecule is Cc1ccc(/C(O)=C2\C(=O)C(=O)N(c3nc4ccccc4[nH]3)C2c2cccc(C)c2)cc1. The molecule has 0 aliphatic carbocycles. The highest BCUT2D eigenvalue weighted by Crippen LogP contribution is 2.41. The number of aryl methyl sites for hydroxylation is 2. The number of aromatic nitrogens is 2. The van der Waals surface area contributed by atoms with Crippen molar-refractivity contribution in [3.05, 3.63) is 101 Å². The van der Waals surface area contributed by atoms with E-state index >= 15 is 0 Å². The van der Waals surface area contributed by atoms with Crippen molar-refractivity contribution in [2.24, 2.45) is 0 Å². The lowest BCUT2D eigenvalue weighted by Gasteiger charge is -2.23. The van der Waals surface area contributed by atoms with Crippen LogP contribution in [0.1, 0.15) is 28.3 Å². The molecule has 1 aromatic heterocycles. The smallest absolute Gasteiger partial charge is 0.302 e. The highest BCUT2D eigenvalue weighted by atomic mass is 16.3. The molecular formula is C26H21N3O3. The Bertz CT molecular complexity index is 1370. The number of aliphatic hydroxyl groups is 1. The van der Waals surface area contributed by atoms with Gasteiger partial charge in [0.15, 0.2) is 0 Å². The van der Waals surface area contributed by atoms with Crippen molar-refractivity contribution in [3.8, 4) is 0 Å². The summed E-state index contributed by atoms with van der Waals surface area (Å²) in [6.45, 7) is 3.88. The Hall–Kier alpha value is -4.19. The molecule has 1 atom stereocenters. The quantitative estimate of drug-likeness (QED) is 0.281. The Morgan fingerprint density at radius 2 is 1.69 bits per heavy atom. The molecule has 1 aliphatic heterocycles. The lowest BCUT2D eigenvalue weighted by molar-refractivity contribution is -0.132. The lowest BCUT2D eigenvalue weighted by Crippen LogP contribution is -2.30. The van der Waals surface area contributed by atoms with E-state index in [1.165, 1.54) is 4.90 Å². The number of hydrogen-bond donors (Lipinski definition) is 2. The van der Waals surface area contributed by atoms with Gasteiger partial charge >= 0.3 is 5.91 Å². The fourth-order valence-corrected chi connectivity index (χ4v) is 4.13. The van der Waals surface area contributed by atoms with Gasteiger partial charge in [0, 0.05) is 5.56 Å². The van der Waals surface area contributed by atoms with E-state index in [0.717, 1.165) is 22.2 Å². The Labute approximate surface area is 184 Å². The summed E-state index contributed by atoms with van der Waals surface area (Å²) in [5.74, 6) is -1.41. The molecule has 0 bridgehead atoms. The predicted octanol–water partition coefficient (Wildman–Crippen LogP) is 4.81. The zero-order valence-corrected chi connectivity index (χ0v) is 17.7. The van der Waals surface area contributed by atoms with E-state index in [4.69, 9.17) is 0 Å². The molecule has 0 saturated carbocycles. The number of benzene rings is 3. The van der Waals surface area contributed by atoms with Crippen LogP contribution in [0.2, 0.25) is 0 Å². The van der Waals surface area contributed by atoms with E-state index in [9.17, 15) is 14.7 Å². The molecule has 0 spiro atoms. The van der Waals surface area contributed by atoms with Gasteiger partial charge in [-0.05, 0) is 31.5 Å². The standard InChI is InChI=1S/C26H21N3O3/c1-15-10-12-17(13-11-15)23(30)21-22(18-7-5-6-16(2)14-18)29(25(32)24(21)31)26-27-19-8-3-4-9-20(19)28-26/h3-14,22,30H,1-2H3,(H,27,28)/b23-21+. The molecule has 1 fully saturated rings. The second-order valence-electron chi connectivity index (χ2n) is 8.03. The number of H-pyrrole nitrogens is 1. The average Bonchev–Trinajstić information content (AvgIpc) is 3.32. The molecule has 1 aliphatic rings. The minimum atomic E-state index is -0.809. The number of carbonyl (C=O) groups excluding carboxylic acids is 2. The molecule has 1 amide bonds. The maximum atomic E-state index is 13.2. The maximum Gasteiger partial charge on any atom is 0.302 e. The number of imidazole rings is 1. The first-order valence-electron chi connectivity index (χ1n) is 10.3. The largest absolute Gasteiger partial charge is 0.507 e. The summed E-state index contributed by atoms with van der Waals surface area (Å²) in [7, 11) is 0. The molecule has 2 heterocycles. The van der Waals surface area contributed by atoms with Gasteiger partial charge in [-0.3, -0.25) is 14.5 Å². The molecule has 3 aromatic carbocycles. The van der Waals surface area contributed by atoms with Crippen molar-refractivity contribution in [3.63, 3.8) is 0 Å².